The average Bonchev–Trinajstić information content (AvgIpc) is 2.41. The van der Waals surface area contributed by atoms with Crippen molar-refractivity contribution in [1.29, 1.82) is 0 Å². The van der Waals surface area contributed by atoms with Gasteiger partial charge < -0.3 is 11.1 Å². The molecule has 1 aromatic heterocycles. The Morgan fingerprint density at radius 2 is 1.90 bits per heavy atom. The zero-order valence-corrected chi connectivity index (χ0v) is 12.5. The summed E-state index contributed by atoms with van der Waals surface area (Å²) >= 11 is 0. The molecule has 0 saturated carbocycles. The van der Waals surface area contributed by atoms with E-state index in [1.54, 1.807) is 6.20 Å². The van der Waals surface area contributed by atoms with Crippen molar-refractivity contribution >= 4 is 5.82 Å². The van der Waals surface area contributed by atoms with Crippen molar-refractivity contribution in [3.05, 3.63) is 58.8 Å². The van der Waals surface area contributed by atoms with E-state index in [4.69, 9.17) is 5.73 Å². The van der Waals surface area contributed by atoms with Gasteiger partial charge in [0.25, 0.3) is 0 Å². The molecule has 2 rings (SSSR count). The minimum Gasteiger partial charge on any atom is -0.383 e. The molecule has 0 aliphatic rings. The Bertz CT molecular complexity index is 558. The van der Waals surface area contributed by atoms with E-state index in [-0.39, 0.29) is 6.04 Å². The molecular weight excluding hydrogens is 246 g/mol. The number of hydrogen-bond acceptors (Lipinski definition) is 3. The maximum Gasteiger partial charge on any atom is 0.128 e. The Hall–Kier alpha value is -1.87. The van der Waals surface area contributed by atoms with Gasteiger partial charge in [-0.3, -0.25) is 0 Å². The van der Waals surface area contributed by atoms with Crippen molar-refractivity contribution < 1.29 is 0 Å². The van der Waals surface area contributed by atoms with Crippen LogP contribution >= 0.6 is 0 Å². The largest absolute Gasteiger partial charge is 0.383 e. The molecular formula is C17H23N3. The lowest BCUT2D eigenvalue weighted by Gasteiger charge is -2.22. The van der Waals surface area contributed by atoms with Crippen molar-refractivity contribution in [1.82, 2.24) is 10.3 Å². The highest BCUT2D eigenvalue weighted by Crippen LogP contribution is 2.26. The predicted molar refractivity (Wildman–Crippen MR) is 84.7 cm³/mol. The standard InChI is InChI=1S/C17H23N3/c1-4-19-15(11-14-8-6-5-7-12(14)2)16-13(3)9-10-20-17(16)18/h5-10,15,19H,4,11H2,1-3H3,(H2,18,20). The Morgan fingerprint density at radius 1 is 1.15 bits per heavy atom. The Balaban J connectivity index is 2.35. The molecule has 106 valence electrons. The van der Waals surface area contributed by atoms with E-state index in [0.29, 0.717) is 5.82 Å². The SMILES string of the molecule is CCNC(Cc1ccccc1C)c1c(C)ccnc1N. The lowest BCUT2D eigenvalue weighted by Crippen LogP contribution is -2.25. The molecule has 3 heteroatoms. The predicted octanol–water partition coefficient (Wildman–Crippen LogP) is 3.17. The lowest BCUT2D eigenvalue weighted by atomic mass is 9.94. The molecule has 1 atom stereocenters. The third-order valence-corrected chi connectivity index (χ3v) is 3.72. The topological polar surface area (TPSA) is 50.9 Å². The third-order valence-electron chi connectivity index (χ3n) is 3.72. The zero-order valence-electron chi connectivity index (χ0n) is 12.5. The molecule has 3 nitrogen and oxygen atoms in total. The van der Waals surface area contributed by atoms with E-state index in [0.717, 1.165) is 18.5 Å². The number of pyridine rings is 1. The normalized spacial score (nSPS) is 12.3. The lowest BCUT2D eigenvalue weighted by molar-refractivity contribution is 0.546. The summed E-state index contributed by atoms with van der Waals surface area (Å²) in [6, 6.07) is 10.7. The van der Waals surface area contributed by atoms with E-state index >= 15 is 0 Å². The highest BCUT2D eigenvalue weighted by Gasteiger charge is 2.17. The molecule has 20 heavy (non-hydrogen) atoms. The first-order valence-electron chi connectivity index (χ1n) is 7.12. The Labute approximate surface area is 121 Å². The van der Waals surface area contributed by atoms with Crippen LogP contribution in [-0.4, -0.2) is 11.5 Å². The van der Waals surface area contributed by atoms with Gasteiger partial charge >= 0.3 is 0 Å². The summed E-state index contributed by atoms with van der Waals surface area (Å²) in [7, 11) is 0. The molecule has 1 heterocycles. The fourth-order valence-electron chi connectivity index (χ4n) is 2.63. The number of benzene rings is 1. The number of aryl methyl sites for hydroxylation is 2. The summed E-state index contributed by atoms with van der Waals surface area (Å²) in [5.41, 5.74) is 11.1. The van der Waals surface area contributed by atoms with Crippen molar-refractivity contribution in [3.63, 3.8) is 0 Å². The molecule has 1 unspecified atom stereocenters. The van der Waals surface area contributed by atoms with Crippen LogP contribution in [0.4, 0.5) is 5.82 Å². The smallest absolute Gasteiger partial charge is 0.128 e. The number of nitrogens with zero attached hydrogens (tertiary/aromatic N) is 1. The molecule has 0 aliphatic carbocycles. The van der Waals surface area contributed by atoms with Crippen molar-refractivity contribution in [3.8, 4) is 0 Å². The van der Waals surface area contributed by atoms with Crippen LogP contribution in [0.3, 0.4) is 0 Å². The number of rotatable bonds is 5. The molecule has 1 aromatic carbocycles. The van der Waals surface area contributed by atoms with Gasteiger partial charge in [-0.05, 0) is 49.6 Å². The van der Waals surface area contributed by atoms with Gasteiger partial charge in [-0.25, -0.2) is 4.98 Å². The van der Waals surface area contributed by atoms with Crippen LogP contribution < -0.4 is 11.1 Å². The number of likely N-dealkylation sites (N-methyl/N-ethyl adjacent to an activating group) is 1. The minimum absolute atomic E-state index is 0.204. The number of anilines is 1. The van der Waals surface area contributed by atoms with Gasteiger partial charge in [0.15, 0.2) is 0 Å². The van der Waals surface area contributed by atoms with E-state index in [9.17, 15) is 0 Å². The summed E-state index contributed by atoms with van der Waals surface area (Å²) in [5, 5.41) is 3.54. The van der Waals surface area contributed by atoms with Gasteiger partial charge in [0.2, 0.25) is 0 Å². The maximum atomic E-state index is 6.09. The number of hydrogen-bond donors (Lipinski definition) is 2. The highest BCUT2D eigenvalue weighted by molar-refractivity contribution is 5.47. The monoisotopic (exact) mass is 269 g/mol. The van der Waals surface area contributed by atoms with Gasteiger partial charge in [0.1, 0.15) is 5.82 Å². The fraction of sp³-hybridized carbons (Fsp3) is 0.353. The second-order valence-electron chi connectivity index (χ2n) is 5.17. The first-order valence-corrected chi connectivity index (χ1v) is 7.12. The van der Waals surface area contributed by atoms with Crippen LogP contribution in [-0.2, 0) is 6.42 Å². The van der Waals surface area contributed by atoms with Crippen LogP contribution in [0.2, 0.25) is 0 Å². The molecule has 0 bridgehead atoms. The van der Waals surface area contributed by atoms with E-state index in [1.807, 2.05) is 6.07 Å². The molecule has 0 aliphatic heterocycles. The van der Waals surface area contributed by atoms with Crippen molar-refractivity contribution in [2.24, 2.45) is 0 Å². The average molecular weight is 269 g/mol. The summed E-state index contributed by atoms with van der Waals surface area (Å²) in [6.45, 7) is 7.27. The van der Waals surface area contributed by atoms with Crippen molar-refractivity contribution in [2.45, 2.75) is 33.2 Å². The zero-order chi connectivity index (χ0) is 14.5. The Kier molecular flexibility index (Phi) is 4.74. The third kappa shape index (κ3) is 3.17. The Morgan fingerprint density at radius 3 is 2.55 bits per heavy atom. The summed E-state index contributed by atoms with van der Waals surface area (Å²) in [5.74, 6) is 0.629. The van der Waals surface area contributed by atoms with Crippen molar-refractivity contribution in [2.75, 3.05) is 12.3 Å². The maximum absolute atomic E-state index is 6.09. The number of nitrogen functional groups attached to an aromatic ring is 1. The van der Waals surface area contributed by atoms with Gasteiger partial charge in [-0.2, -0.15) is 0 Å². The molecule has 0 fully saturated rings. The molecule has 3 N–H and O–H groups in total. The molecule has 0 spiro atoms. The first kappa shape index (κ1) is 14.5. The van der Waals surface area contributed by atoms with Crippen LogP contribution in [0.25, 0.3) is 0 Å². The van der Waals surface area contributed by atoms with Gasteiger partial charge in [-0.1, -0.05) is 31.2 Å². The molecule has 2 aromatic rings. The second kappa shape index (κ2) is 6.53. The van der Waals surface area contributed by atoms with Crippen LogP contribution in [0.1, 0.15) is 35.2 Å². The van der Waals surface area contributed by atoms with E-state index in [1.165, 1.54) is 16.7 Å². The van der Waals surface area contributed by atoms with Crippen LogP contribution in [0, 0.1) is 13.8 Å². The fourth-order valence-corrected chi connectivity index (χ4v) is 2.63. The first-order chi connectivity index (χ1) is 9.63. The summed E-state index contributed by atoms with van der Waals surface area (Å²) < 4.78 is 0. The van der Waals surface area contributed by atoms with Gasteiger partial charge in [0, 0.05) is 17.8 Å². The van der Waals surface area contributed by atoms with Crippen LogP contribution in [0.5, 0.6) is 0 Å². The molecule has 0 saturated heterocycles. The molecule has 0 radical (unpaired) electrons. The van der Waals surface area contributed by atoms with E-state index in [2.05, 4.69) is 55.3 Å². The minimum atomic E-state index is 0.204. The van der Waals surface area contributed by atoms with Crippen LogP contribution in [0.15, 0.2) is 36.5 Å². The summed E-state index contributed by atoms with van der Waals surface area (Å²) in [4.78, 5) is 4.24. The number of nitrogens with two attached hydrogens (primary N) is 1. The van der Waals surface area contributed by atoms with Gasteiger partial charge in [0.05, 0.1) is 0 Å². The quantitative estimate of drug-likeness (QED) is 0.876. The number of nitrogens with one attached hydrogen (secondary N) is 1. The van der Waals surface area contributed by atoms with E-state index < -0.39 is 0 Å². The summed E-state index contributed by atoms with van der Waals surface area (Å²) in [6.07, 6.45) is 2.70. The molecule has 0 amide bonds. The highest BCUT2D eigenvalue weighted by atomic mass is 14.9. The van der Waals surface area contributed by atoms with Gasteiger partial charge in [-0.15, -0.1) is 0 Å². The number of aromatic nitrogens is 1. The second-order valence-corrected chi connectivity index (χ2v) is 5.17.